The zero-order chi connectivity index (χ0) is 10.1. The van der Waals surface area contributed by atoms with E-state index >= 15 is 0 Å². The first kappa shape index (κ1) is 8.61. The summed E-state index contributed by atoms with van der Waals surface area (Å²) in [5, 5.41) is 12.7. The third-order valence-electron chi connectivity index (χ3n) is 1.91. The zero-order valence-corrected chi connectivity index (χ0v) is 7.51. The van der Waals surface area contributed by atoms with Crippen LogP contribution in [0.15, 0.2) is 12.4 Å². The van der Waals surface area contributed by atoms with Gasteiger partial charge in [0.05, 0.1) is 0 Å². The normalized spacial score (nSPS) is 10.6. The van der Waals surface area contributed by atoms with Crippen LogP contribution in [0.3, 0.4) is 0 Å². The van der Waals surface area contributed by atoms with Gasteiger partial charge in [-0.25, -0.2) is 14.3 Å². The number of aryl methyl sites for hydroxylation is 1. The largest absolute Gasteiger partial charge is 0.477 e. The molecule has 2 aromatic rings. The number of aromatic nitrogens is 4. The summed E-state index contributed by atoms with van der Waals surface area (Å²) in [7, 11) is 0. The second-order valence-electron chi connectivity index (χ2n) is 2.76. The van der Waals surface area contributed by atoms with Crippen LogP contribution in [0, 0.1) is 0 Å². The van der Waals surface area contributed by atoms with Gasteiger partial charge in [-0.05, 0) is 12.5 Å². The van der Waals surface area contributed by atoms with Gasteiger partial charge < -0.3 is 5.11 Å². The third-order valence-corrected chi connectivity index (χ3v) is 1.91. The first-order valence-electron chi connectivity index (χ1n) is 4.15. The van der Waals surface area contributed by atoms with E-state index in [1.54, 1.807) is 0 Å². The van der Waals surface area contributed by atoms with E-state index in [2.05, 4.69) is 15.1 Å². The Morgan fingerprint density at radius 2 is 2.43 bits per heavy atom. The second kappa shape index (κ2) is 3.06. The van der Waals surface area contributed by atoms with Crippen molar-refractivity contribution in [2.24, 2.45) is 0 Å². The van der Waals surface area contributed by atoms with Crippen LogP contribution in [0.5, 0.6) is 0 Å². The lowest BCUT2D eigenvalue weighted by Crippen LogP contribution is -2.07. The van der Waals surface area contributed by atoms with Crippen molar-refractivity contribution >= 4 is 11.7 Å². The molecule has 0 saturated carbocycles. The van der Waals surface area contributed by atoms with Gasteiger partial charge in [0.1, 0.15) is 6.33 Å². The Hall–Kier alpha value is -1.98. The molecule has 0 spiro atoms. The van der Waals surface area contributed by atoms with Crippen molar-refractivity contribution < 1.29 is 9.90 Å². The zero-order valence-electron chi connectivity index (χ0n) is 7.51. The van der Waals surface area contributed by atoms with Crippen LogP contribution in [-0.4, -0.2) is 30.7 Å². The molecule has 0 atom stereocenters. The van der Waals surface area contributed by atoms with Gasteiger partial charge in [-0.15, -0.1) is 0 Å². The molecule has 72 valence electrons. The standard InChI is InChI=1S/C8H8N4O2/c1-2-5-3-6(7(13)14)11-8-9-4-10-12(5)8/h3-4H,2H2,1H3,(H,13,14). The summed E-state index contributed by atoms with van der Waals surface area (Å²) in [6.07, 6.45) is 2.04. The van der Waals surface area contributed by atoms with Crippen molar-refractivity contribution in [2.75, 3.05) is 0 Å². The second-order valence-corrected chi connectivity index (χ2v) is 2.76. The Labute approximate surface area is 79.2 Å². The number of carbonyl (C=O) groups is 1. The van der Waals surface area contributed by atoms with Crippen LogP contribution < -0.4 is 0 Å². The Morgan fingerprint density at radius 1 is 1.64 bits per heavy atom. The van der Waals surface area contributed by atoms with Crippen LogP contribution in [0.4, 0.5) is 0 Å². The molecule has 0 fully saturated rings. The number of fused-ring (bicyclic) bond motifs is 1. The Morgan fingerprint density at radius 3 is 3.07 bits per heavy atom. The van der Waals surface area contributed by atoms with Crippen LogP contribution >= 0.6 is 0 Å². The number of aromatic carboxylic acids is 1. The van der Waals surface area contributed by atoms with Gasteiger partial charge in [0.25, 0.3) is 5.78 Å². The number of hydrogen-bond donors (Lipinski definition) is 1. The minimum Gasteiger partial charge on any atom is -0.477 e. The predicted octanol–water partition coefficient (Wildman–Crippen LogP) is 0.385. The van der Waals surface area contributed by atoms with E-state index in [1.807, 2.05) is 6.92 Å². The number of rotatable bonds is 2. The van der Waals surface area contributed by atoms with Crippen LogP contribution in [0.1, 0.15) is 23.1 Å². The van der Waals surface area contributed by atoms with Crippen molar-refractivity contribution in [1.82, 2.24) is 19.6 Å². The molecule has 0 aliphatic heterocycles. The summed E-state index contributed by atoms with van der Waals surface area (Å²) >= 11 is 0. The highest BCUT2D eigenvalue weighted by Gasteiger charge is 2.10. The molecule has 0 aliphatic carbocycles. The number of nitrogens with zero attached hydrogens (tertiary/aromatic N) is 4. The molecule has 0 bridgehead atoms. The van der Waals surface area contributed by atoms with Crippen molar-refractivity contribution in [3.63, 3.8) is 0 Å². The summed E-state index contributed by atoms with van der Waals surface area (Å²) in [4.78, 5) is 18.4. The maximum Gasteiger partial charge on any atom is 0.354 e. The predicted molar refractivity (Wildman–Crippen MR) is 47.1 cm³/mol. The average molecular weight is 192 g/mol. The quantitative estimate of drug-likeness (QED) is 0.744. The summed E-state index contributed by atoms with van der Waals surface area (Å²) in [6, 6.07) is 1.50. The smallest absolute Gasteiger partial charge is 0.354 e. The van der Waals surface area contributed by atoms with E-state index in [4.69, 9.17) is 5.11 Å². The van der Waals surface area contributed by atoms with E-state index in [1.165, 1.54) is 16.9 Å². The Bertz CT molecular complexity index is 491. The molecule has 1 N–H and O–H groups in total. The molecule has 2 rings (SSSR count). The van der Waals surface area contributed by atoms with Crippen LogP contribution in [-0.2, 0) is 6.42 Å². The molecule has 2 heterocycles. The number of carboxylic acids is 1. The molecule has 0 aromatic carbocycles. The molecular formula is C8H8N4O2. The maximum absolute atomic E-state index is 10.7. The lowest BCUT2D eigenvalue weighted by atomic mass is 10.3. The van der Waals surface area contributed by atoms with E-state index in [0.29, 0.717) is 12.2 Å². The third kappa shape index (κ3) is 1.20. The van der Waals surface area contributed by atoms with E-state index < -0.39 is 5.97 Å². The highest BCUT2D eigenvalue weighted by molar-refractivity contribution is 5.85. The van der Waals surface area contributed by atoms with E-state index in [9.17, 15) is 4.79 Å². The number of hydrogen-bond acceptors (Lipinski definition) is 4. The molecule has 2 aromatic heterocycles. The lowest BCUT2D eigenvalue weighted by molar-refractivity contribution is 0.0690. The van der Waals surface area contributed by atoms with E-state index in [-0.39, 0.29) is 5.69 Å². The Balaban J connectivity index is 2.73. The fourth-order valence-corrected chi connectivity index (χ4v) is 1.23. The fourth-order valence-electron chi connectivity index (χ4n) is 1.23. The van der Waals surface area contributed by atoms with Gasteiger partial charge >= 0.3 is 5.97 Å². The van der Waals surface area contributed by atoms with Crippen molar-refractivity contribution in [3.8, 4) is 0 Å². The van der Waals surface area contributed by atoms with Gasteiger partial charge in [-0.2, -0.15) is 10.1 Å². The topological polar surface area (TPSA) is 80.4 Å². The van der Waals surface area contributed by atoms with Crippen molar-refractivity contribution in [2.45, 2.75) is 13.3 Å². The van der Waals surface area contributed by atoms with Crippen molar-refractivity contribution in [1.29, 1.82) is 0 Å². The number of carboxylic acid groups (broad SMARTS) is 1. The Kier molecular flexibility index (Phi) is 1.88. The minimum atomic E-state index is -1.05. The van der Waals surface area contributed by atoms with Crippen LogP contribution in [0.2, 0.25) is 0 Å². The highest BCUT2D eigenvalue weighted by atomic mass is 16.4. The SMILES string of the molecule is CCc1cc(C(=O)O)nc2ncnn12. The molecule has 6 nitrogen and oxygen atoms in total. The monoisotopic (exact) mass is 192 g/mol. The molecule has 0 amide bonds. The van der Waals surface area contributed by atoms with Crippen LogP contribution in [0.25, 0.3) is 5.78 Å². The molecule has 0 unspecified atom stereocenters. The first-order valence-corrected chi connectivity index (χ1v) is 4.15. The van der Waals surface area contributed by atoms with Gasteiger partial charge in [0.2, 0.25) is 0 Å². The maximum atomic E-state index is 10.7. The lowest BCUT2D eigenvalue weighted by Gasteiger charge is -2.01. The summed E-state index contributed by atoms with van der Waals surface area (Å²) in [5.41, 5.74) is 0.784. The molecule has 6 heteroatoms. The first-order chi connectivity index (χ1) is 6.72. The highest BCUT2D eigenvalue weighted by Crippen LogP contribution is 2.05. The van der Waals surface area contributed by atoms with Gasteiger partial charge in [0.15, 0.2) is 5.69 Å². The molecule has 0 radical (unpaired) electrons. The van der Waals surface area contributed by atoms with Crippen molar-refractivity contribution in [3.05, 3.63) is 23.8 Å². The van der Waals surface area contributed by atoms with E-state index in [0.717, 1.165) is 5.69 Å². The molecule has 14 heavy (non-hydrogen) atoms. The summed E-state index contributed by atoms with van der Waals surface area (Å²) < 4.78 is 1.53. The molecular weight excluding hydrogens is 184 g/mol. The summed E-state index contributed by atoms with van der Waals surface area (Å²) in [5.74, 6) is -0.730. The minimum absolute atomic E-state index is 0.00218. The fraction of sp³-hybridized carbons (Fsp3) is 0.250. The van der Waals surface area contributed by atoms with Gasteiger partial charge in [-0.3, -0.25) is 0 Å². The van der Waals surface area contributed by atoms with Gasteiger partial charge in [0, 0.05) is 5.69 Å². The summed E-state index contributed by atoms with van der Waals surface area (Å²) in [6.45, 7) is 1.92. The average Bonchev–Trinajstić information content (AvgIpc) is 2.63. The van der Waals surface area contributed by atoms with Gasteiger partial charge in [-0.1, -0.05) is 6.92 Å². The molecule has 0 saturated heterocycles. The molecule has 0 aliphatic rings.